The highest BCUT2D eigenvalue weighted by Crippen LogP contribution is 2.42. The van der Waals surface area contributed by atoms with Gasteiger partial charge in [0.1, 0.15) is 5.75 Å². The van der Waals surface area contributed by atoms with Crippen LogP contribution >= 0.6 is 12.4 Å². The molecule has 0 unspecified atom stereocenters. The summed E-state index contributed by atoms with van der Waals surface area (Å²) < 4.78 is 5.44. The van der Waals surface area contributed by atoms with E-state index in [0.29, 0.717) is 17.4 Å². The molecule has 1 aliphatic rings. The second kappa shape index (κ2) is 10.5. The van der Waals surface area contributed by atoms with E-state index in [1.165, 1.54) is 11.1 Å². The van der Waals surface area contributed by atoms with Crippen LogP contribution in [0.2, 0.25) is 0 Å². The number of rotatable bonds is 6. The van der Waals surface area contributed by atoms with Crippen molar-refractivity contribution >= 4 is 24.5 Å². The number of carboxylic acids is 1. The van der Waals surface area contributed by atoms with Crippen LogP contribution in [-0.2, 0) is 0 Å². The first-order valence-electron chi connectivity index (χ1n) is 9.77. The van der Waals surface area contributed by atoms with E-state index in [4.69, 9.17) is 4.74 Å². The summed E-state index contributed by atoms with van der Waals surface area (Å²) in [5.74, 6) is 1.03. The van der Waals surface area contributed by atoms with E-state index in [0.717, 1.165) is 37.1 Å². The van der Waals surface area contributed by atoms with Crippen LogP contribution < -0.4 is 4.74 Å². The quantitative estimate of drug-likeness (QED) is 0.691. The molecular formula is C24H30ClNO3. The number of ether oxygens (including phenoxy) is 1. The van der Waals surface area contributed by atoms with Gasteiger partial charge in [-0.3, -0.25) is 0 Å². The van der Waals surface area contributed by atoms with Gasteiger partial charge in [0.05, 0.1) is 12.7 Å². The summed E-state index contributed by atoms with van der Waals surface area (Å²) in [6.07, 6.45) is 5.34. The van der Waals surface area contributed by atoms with Gasteiger partial charge in [-0.15, -0.1) is 12.4 Å². The summed E-state index contributed by atoms with van der Waals surface area (Å²) in [5, 5.41) is 9.24. The Hall–Kier alpha value is -2.30. The molecule has 0 aromatic heterocycles. The van der Waals surface area contributed by atoms with Crippen molar-refractivity contribution in [3.8, 4) is 5.75 Å². The number of carboxylic acid groups (broad SMARTS) is 1. The Bertz CT molecular complexity index is 863. The first-order chi connectivity index (χ1) is 13.5. The molecule has 156 valence electrons. The molecule has 1 aliphatic carbocycles. The average Bonchev–Trinajstić information content (AvgIpc) is 2.69. The third kappa shape index (κ3) is 6.09. The zero-order valence-corrected chi connectivity index (χ0v) is 18.1. The topological polar surface area (TPSA) is 49.8 Å². The van der Waals surface area contributed by atoms with E-state index < -0.39 is 5.97 Å². The van der Waals surface area contributed by atoms with Gasteiger partial charge in [-0.25, -0.2) is 4.79 Å². The van der Waals surface area contributed by atoms with Gasteiger partial charge in [0.15, 0.2) is 0 Å². The molecule has 0 heterocycles. The van der Waals surface area contributed by atoms with Crippen molar-refractivity contribution in [3.05, 3.63) is 70.8 Å². The minimum absolute atomic E-state index is 0. The predicted molar refractivity (Wildman–Crippen MR) is 120 cm³/mol. The second-order valence-corrected chi connectivity index (χ2v) is 7.88. The summed E-state index contributed by atoms with van der Waals surface area (Å²) in [7, 11) is 5.97. The number of halogens is 1. The van der Waals surface area contributed by atoms with Crippen molar-refractivity contribution in [1.82, 2.24) is 4.90 Å². The van der Waals surface area contributed by atoms with Crippen LogP contribution in [0.4, 0.5) is 0 Å². The fourth-order valence-corrected chi connectivity index (χ4v) is 4.20. The number of carbonyl (C=O) groups is 1. The minimum atomic E-state index is -0.885. The Morgan fingerprint density at radius 2 is 1.97 bits per heavy atom. The molecule has 2 aromatic carbocycles. The van der Waals surface area contributed by atoms with Crippen molar-refractivity contribution in [2.45, 2.75) is 25.2 Å². The lowest BCUT2D eigenvalue weighted by Crippen LogP contribution is -2.29. The molecular weight excluding hydrogens is 386 g/mol. The molecule has 0 bridgehead atoms. The van der Waals surface area contributed by atoms with E-state index in [1.807, 2.05) is 18.2 Å². The lowest BCUT2D eigenvalue weighted by molar-refractivity contribution is 0.0697. The number of aromatic carboxylic acids is 1. The van der Waals surface area contributed by atoms with Crippen molar-refractivity contribution in [3.63, 3.8) is 0 Å². The maximum Gasteiger partial charge on any atom is 0.335 e. The van der Waals surface area contributed by atoms with Gasteiger partial charge in [-0.2, -0.15) is 0 Å². The maximum atomic E-state index is 11.3. The zero-order valence-electron chi connectivity index (χ0n) is 17.3. The Morgan fingerprint density at radius 3 is 2.66 bits per heavy atom. The molecule has 0 radical (unpaired) electrons. The highest BCUT2D eigenvalue weighted by Gasteiger charge is 2.29. The number of hydrogen-bond donors (Lipinski definition) is 1. The number of benzene rings is 2. The largest absolute Gasteiger partial charge is 0.497 e. The molecule has 3 rings (SSSR count). The predicted octanol–water partition coefficient (Wildman–Crippen LogP) is 5.34. The zero-order chi connectivity index (χ0) is 20.1. The summed E-state index contributed by atoms with van der Waals surface area (Å²) >= 11 is 0. The standard InChI is InChI=1S/C24H29NO3.ClH/c1-25(2)16-21-11-10-18(12-17-6-4-8-20(13-17)24(26)27)14-23(21)19-7-5-9-22(15-19)28-3;/h4-9,12-13,15,21,23H,10-11,14,16H2,1-3H3,(H,26,27);1H/t21-,23+;/m1./s1. The smallest absolute Gasteiger partial charge is 0.335 e. The van der Waals surface area contributed by atoms with Crippen molar-refractivity contribution < 1.29 is 14.6 Å². The van der Waals surface area contributed by atoms with Crippen LogP contribution in [0.3, 0.4) is 0 Å². The number of hydrogen-bond acceptors (Lipinski definition) is 3. The number of nitrogens with zero attached hydrogens (tertiary/aromatic N) is 1. The molecule has 2 aromatic rings. The summed E-state index contributed by atoms with van der Waals surface area (Å²) in [6, 6.07) is 15.6. The third-order valence-corrected chi connectivity index (χ3v) is 5.51. The molecule has 1 fully saturated rings. The summed E-state index contributed by atoms with van der Waals surface area (Å²) in [4.78, 5) is 13.5. The van der Waals surface area contributed by atoms with Crippen LogP contribution in [0, 0.1) is 5.92 Å². The molecule has 0 saturated heterocycles. The minimum Gasteiger partial charge on any atom is -0.497 e. The normalized spacial score (nSPS) is 20.3. The molecule has 5 heteroatoms. The molecule has 4 nitrogen and oxygen atoms in total. The van der Waals surface area contributed by atoms with E-state index in [1.54, 1.807) is 19.2 Å². The van der Waals surface area contributed by atoms with E-state index in [2.05, 4.69) is 43.3 Å². The van der Waals surface area contributed by atoms with Crippen LogP contribution in [0.5, 0.6) is 5.75 Å². The molecule has 0 amide bonds. The first-order valence-corrected chi connectivity index (χ1v) is 9.77. The van der Waals surface area contributed by atoms with Gasteiger partial charge in [-0.05, 0) is 80.6 Å². The molecule has 2 atom stereocenters. The van der Waals surface area contributed by atoms with E-state index >= 15 is 0 Å². The fraction of sp³-hybridized carbons (Fsp3) is 0.375. The monoisotopic (exact) mass is 415 g/mol. The molecule has 1 N–H and O–H groups in total. The summed E-state index contributed by atoms with van der Waals surface area (Å²) in [6.45, 7) is 1.06. The van der Waals surface area contributed by atoms with Crippen molar-refractivity contribution in [1.29, 1.82) is 0 Å². The fourth-order valence-electron chi connectivity index (χ4n) is 4.20. The van der Waals surface area contributed by atoms with Crippen LogP contribution in [-0.4, -0.2) is 43.7 Å². The summed E-state index contributed by atoms with van der Waals surface area (Å²) in [5.41, 5.74) is 3.99. The lowest BCUT2D eigenvalue weighted by atomic mass is 9.73. The van der Waals surface area contributed by atoms with Crippen molar-refractivity contribution in [2.75, 3.05) is 27.7 Å². The van der Waals surface area contributed by atoms with Crippen LogP contribution in [0.25, 0.3) is 6.08 Å². The average molecular weight is 416 g/mol. The van der Waals surface area contributed by atoms with E-state index in [9.17, 15) is 9.90 Å². The molecule has 1 saturated carbocycles. The van der Waals surface area contributed by atoms with E-state index in [-0.39, 0.29) is 12.4 Å². The highest BCUT2D eigenvalue weighted by atomic mass is 35.5. The van der Waals surface area contributed by atoms with Gasteiger partial charge in [0.25, 0.3) is 0 Å². The Balaban J connectivity index is 0.00000300. The maximum absolute atomic E-state index is 11.3. The van der Waals surface area contributed by atoms with Crippen molar-refractivity contribution in [2.24, 2.45) is 5.92 Å². The van der Waals surface area contributed by atoms with Gasteiger partial charge >= 0.3 is 5.97 Å². The first kappa shape index (κ1) is 23.0. The number of methoxy groups -OCH3 is 1. The molecule has 0 spiro atoms. The van der Waals surface area contributed by atoms with Gasteiger partial charge in [-0.1, -0.05) is 35.9 Å². The van der Waals surface area contributed by atoms with Gasteiger partial charge < -0.3 is 14.7 Å². The van der Waals surface area contributed by atoms with Crippen LogP contribution in [0.1, 0.15) is 46.7 Å². The van der Waals surface area contributed by atoms with Gasteiger partial charge in [0, 0.05) is 6.54 Å². The highest BCUT2D eigenvalue weighted by molar-refractivity contribution is 5.88. The Morgan fingerprint density at radius 1 is 1.21 bits per heavy atom. The second-order valence-electron chi connectivity index (χ2n) is 7.88. The number of allylic oxidation sites excluding steroid dienone is 1. The Kier molecular flexibility index (Phi) is 8.30. The molecule has 29 heavy (non-hydrogen) atoms. The SMILES string of the molecule is COc1cccc([C@@H]2CC(=Cc3cccc(C(=O)O)c3)CC[C@@H]2CN(C)C)c1.Cl. The molecule has 0 aliphatic heterocycles. The van der Waals surface area contributed by atoms with Crippen LogP contribution in [0.15, 0.2) is 54.1 Å². The lowest BCUT2D eigenvalue weighted by Gasteiger charge is -2.35. The Labute approximate surface area is 179 Å². The third-order valence-electron chi connectivity index (χ3n) is 5.51. The van der Waals surface area contributed by atoms with Gasteiger partial charge in [0.2, 0.25) is 0 Å².